The maximum absolute atomic E-state index is 12.9. The summed E-state index contributed by atoms with van der Waals surface area (Å²) in [7, 11) is 0. The molecule has 0 spiro atoms. The van der Waals surface area contributed by atoms with Crippen LogP contribution < -0.4 is 5.73 Å². The highest BCUT2D eigenvalue weighted by molar-refractivity contribution is 5.18. The van der Waals surface area contributed by atoms with Crippen LogP contribution in [0.5, 0.6) is 0 Å². The van der Waals surface area contributed by atoms with Crippen LogP contribution in [0.2, 0.25) is 0 Å². The number of hydrogen-bond acceptors (Lipinski definition) is 1. The van der Waals surface area contributed by atoms with Gasteiger partial charge in [-0.1, -0.05) is 18.2 Å². The van der Waals surface area contributed by atoms with Crippen molar-refractivity contribution in [3.05, 3.63) is 42.6 Å². The van der Waals surface area contributed by atoms with Crippen LogP contribution in [-0.2, 0) is 6.42 Å². The van der Waals surface area contributed by atoms with E-state index in [1.165, 1.54) is 6.07 Å². The molecule has 59 valence electrons. The highest BCUT2D eigenvalue weighted by Gasteiger charge is 2.02. The Labute approximate surface area is 66.0 Å². The molecule has 0 amide bonds. The van der Waals surface area contributed by atoms with Crippen LogP contribution >= 0.6 is 0 Å². The standard InChI is InChI=1S/C9H11FN/c1-7(11)6-8-4-2-3-5-9(8)10/h2-5,7H,1,6,11H2. The molecule has 0 aliphatic heterocycles. The van der Waals surface area contributed by atoms with E-state index in [9.17, 15) is 4.39 Å². The van der Waals surface area contributed by atoms with Crippen molar-refractivity contribution < 1.29 is 4.39 Å². The van der Waals surface area contributed by atoms with Crippen molar-refractivity contribution in [1.29, 1.82) is 0 Å². The first-order valence-corrected chi connectivity index (χ1v) is 3.52. The Kier molecular flexibility index (Phi) is 2.60. The minimum atomic E-state index is -0.230. The maximum Gasteiger partial charge on any atom is 0.126 e. The van der Waals surface area contributed by atoms with E-state index in [0.29, 0.717) is 12.0 Å². The predicted molar refractivity (Wildman–Crippen MR) is 43.4 cm³/mol. The van der Waals surface area contributed by atoms with Gasteiger partial charge in [0.2, 0.25) is 0 Å². The third kappa shape index (κ3) is 2.31. The summed E-state index contributed by atoms with van der Waals surface area (Å²) in [5.74, 6) is -0.202. The molecule has 2 heteroatoms. The van der Waals surface area contributed by atoms with E-state index in [-0.39, 0.29) is 11.9 Å². The Morgan fingerprint density at radius 2 is 2.09 bits per heavy atom. The van der Waals surface area contributed by atoms with Gasteiger partial charge in [0.15, 0.2) is 0 Å². The van der Waals surface area contributed by atoms with Crippen LogP contribution in [-0.4, -0.2) is 6.04 Å². The molecule has 0 fully saturated rings. The predicted octanol–water partition coefficient (Wildman–Crippen LogP) is 1.53. The summed E-state index contributed by atoms with van der Waals surface area (Å²) in [5.41, 5.74) is 6.05. The van der Waals surface area contributed by atoms with Crippen molar-refractivity contribution in [2.24, 2.45) is 5.73 Å². The highest BCUT2D eigenvalue weighted by Crippen LogP contribution is 2.07. The molecule has 0 bridgehead atoms. The summed E-state index contributed by atoms with van der Waals surface area (Å²) in [6.07, 6.45) is 0.493. The number of benzene rings is 1. The van der Waals surface area contributed by atoms with Crippen LogP contribution in [0.25, 0.3) is 0 Å². The first-order valence-electron chi connectivity index (χ1n) is 3.52. The Balaban J connectivity index is 2.78. The van der Waals surface area contributed by atoms with Gasteiger partial charge in [0.25, 0.3) is 0 Å². The second kappa shape index (κ2) is 3.49. The summed E-state index contributed by atoms with van der Waals surface area (Å²) in [5, 5.41) is 0. The van der Waals surface area contributed by atoms with E-state index in [4.69, 9.17) is 5.73 Å². The first-order chi connectivity index (χ1) is 5.20. The molecule has 0 aliphatic rings. The minimum absolute atomic E-state index is 0.202. The van der Waals surface area contributed by atoms with Gasteiger partial charge in [-0.25, -0.2) is 4.39 Å². The summed E-state index contributed by atoms with van der Waals surface area (Å²) in [6, 6.07) is 6.37. The van der Waals surface area contributed by atoms with Crippen molar-refractivity contribution in [3.8, 4) is 0 Å². The summed E-state index contributed by atoms with van der Waals surface area (Å²) < 4.78 is 12.9. The molecular weight excluding hydrogens is 141 g/mol. The van der Waals surface area contributed by atoms with E-state index in [1.54, 1.807) is 18.2 Å². The van der Waals surface area contributed by atoms with Crippen molar-refractivity contribution in [1.82, 2.24) is 0 Å². The van der Waals surface area contributed by atoms with Gasteiger partial charge < -0.3 is 5.73 Å². The average Bonchev–Trinajstić information content (AvgIpc) is 1.93. The SMILES string of the molecule is [CH2]C(N)Cc1ccccc1F. The zero-order chi connectivity index (χ0) is 8.27. The van der Waals surface area contributed by atoms with Crippen molar-refractivity contribution in [2.45, 2.75) is 12.5 Å². The molecule has 0 aromatic heterocycles. The molecule has 0 saturated carbocycles. The van der Waals surface area contributed by atoms with Gasteiger partial charge >= 0.3 is 0 Å². The number of hydrogen-bond donors (Lipinski definition) is 1. The Bertz CT molecular complexity index is 233. The van der Waals surface area contributed by atoms with Gasteiger partial charge in [0.1, 0.15) is 5.82 Å². The molecule has 1 aromatic rings. The van der Waals surface area contributed by atoms with Gasteiger partial charge in [-0.15, -0.1) is 0 Å². The van der Waals surface area contributed by atoms with Crippen LogP contribution in [0, 0.1) is 12.7 Å². The maximum atomic E-state index is 12.9. The van der Waals surface area contributed by atoms with Crippen molar-refractivity contribution in [2.75, 3.05) is 0 Å². The molecule has 2 N–H and O–H groups in total. The molecular formula is C9H11FN. The summed E-state index contributed by atoms with van der Waals surface area (Å²) in [4.78, 5) is 0. The van der Waals surface area contributed by atoms with E-state index in [1.807, 2.05) is 0 Å². The topological polar surface area (TPSA) is 26.0 Å². The molecule has 1 aromatic carbocycles. The molecule has 1 atom stereocenters. The fourth-order valence-electron chi connectivity index (χ4n) is 0.946. The van der Waals surface area contributed by atoms with E-state index in [0.717, 1.165) is 0 Å². The smallest absolute Gasteiger partial charge is 0.126 e. The first kappa shape index (κ1) is 8.21. The quantitative estimate of drug-likeness (QED) is 0.683. The zero-order valence-electron chi connectivity index (χ0n) is 6.26. The number of nitrogens with two attached hydrogens (primary N) is 1. The fourth-order valence-corrected chi connectivity index (χ4v) is 0.946. The van der Waals surface area contributed by atoms with Gasteiger partial charge in [-0.2, -0.15) is 0 Å². The van der Waals surface area contributed by atoms with Crippen LogP contribution in [0.15, 0.2) is 24.3 Å². The Morgan fingerprint density at radius 3 is 2.64 bits per heavy atom. The number of halogens is 1. The third-order valence-electron chi connectivity index (χ3n) is 1.44. The van der Waals surface area contributed by atoms with Gasteiger partial charge in [-0.3, -0.25) is 0 Å². The summed E-state index contributed by atoms with van der Waals surface area (Å²) in [6.45, 7) is 3.59. The van der Waals surface area contributed by atoms with Gasteiger partial charge in [-0.05, 0) is 25.0 Å². The molecule has 11 heavy (non-hydrogen) atoms. The molecule has 1 radical (unpaired) electrons. The Hall–Kier alpha value is -0.890. The number of rotatable bonds is 2. The van der Waals surface area contributed by atoms with Crippen LogP contribution in [0.4, 0.5) is 4.39 Å². The minimum Gasteiger partial charge on any atom is -0.327 e. The monoisotopic (exact) mass is 152 g/mol. The lowest BCUT2D eigenvalue weighted by molar-refractivity contribution is 0.602. The largest absolute Gasteiger partial charge is 0.327 e. The molecule has 1 nitrogen and oxygen atoms in total. The molecule has 1 unspecified atom stereocenters. The van der Waals surface area contributed by atoms with Crippen LogP contribution in [0.3, 0.4) is 0 Å². The van der Waals surface area contributed by atoms with Crippen molar-refractivity contribution >= 4 is 0 Å². The Morgan fingerprint density at radius 1 is 1.45 bits per heavy atom. The molecule has 1 rings (SSSR count). The third-order valence-corrected chi connectivity index (χ3v) is 1.44. The summed E-state index contributed by atoms with van der Waals surface area (Å²) >= 11 is 0. The highest BCUT2D eigenvalue weighted by atomic mass is 19.1. The lowest BCUT2D eigenvalue weighted by Gasteiger charge is -2.04. The lowest BCUT2D eigenvalue weighted by atomic mass is 10.1. The fraction of sp³-hybridized carbons (Fsp3) is 0.222. The molecule has 0 saturated heterocycles. The second-order valence-electron chi connectivity index (χ2n) is 2.56. The zero-order valence-corrected chi connectivity index (χ0v) is 6.26. The lowest BCUT2D eigenvalue weighted by Crippen LogP contribution is -2.18. The van der Waals surface area contributed by atoms with E-state index in [2.05, 4.69) is 6.92 Å². The van der Waals surface area contributed by atoms with Gasteiger partial charge in [0, 0.05) is 6.04 Å². The van der Waals surface area contributed by atoms with Crippen molar-refractivity contribution in [3.63, 3.8) is 0 Å². The van der Waals surface area contributed by atoms with Crippen LogP contribution in [0.1, 0.15) is 5.56 Å². The normalized spacial score (nSPS) is 13.0. The second-order valence-corrected chi connectivity index (χ2v) is 2.56. The van der Waals surface area contributed by atoms with Gasteiger partial charge in [0.05, 0.1) is 0 Å². The molecule has 0 heterocycles. The average molecular weight is 152 g/mol. The van der Waals surface area contributed by atoms with E-state index < -0.39 is 0 Å². The molecule has 0 aliphatic carbocycles. The van der Waals surface area contributed by atoms with E-state index >= 15 is 0 Å².